The third kappa shape index (κ3) is 4.57. The van der Waals surface area contributed by atoms with Crippen molar-refractivity contribution in [3.8, 4) is 11.8 Å². The number of aromatic nitrogens is 3. The van der Waals surface area contributed by atoms with Crippen LogP contribution in [0.15, 0.2) is 53.1 Å². The highest BCUT2D eigenvalue weighted by atomic mass is 19.1. The fraction of sp³-hybridized carbons (Fsp3) is 0.240. The molecule has 0 radical (unpaired) electrons. The molecule has 8 nitrogen and oxygen atoms in total. The molecule has 3 aromatic heterocycles. The molecule has 0 unspecified atom stereocenters. The number of aryl methyl sites for hydroxylation is 2. The lowest BCUT2D eigenvalue weighted by atomic mass is 10.1. The Kier molecular flexibility index (Phi) is 6.50. The van der Waals surface area contributed by atoms with Crippen LogP contribution in [0.4, 0.5) is 10.2 Å². The van der Waals surface area contributed by atoms with E-state index in [4.69, 9.17) is 10.2 Å². The van der Waals surface area contributed by atoms with Crippen LogP contribution in [0.5, 0.6) is 0 Å². The van der Waals surface area contributed by atoms with Gasteiger partial charge in [0.2, 0.25) is 0 Å². The molecule has 3 N–H and O–H groups in total. The fourth-order valence-electron chi connectivity index (χ4n) is 3.94. The summed E-state index contributed by atoms with van der Waals surface area (Å²) in [6.45, 7) is 4.84. The van der Waals surface area contributed by atoms with Gasteiger partial charge in [0.25, 0.3) is 5.91 Å². The van der Waals surface area contributed by atoms with E-state index in [1.807, 2.05) is 36.6 Å². The predicted octanol–water partition coefficient (Wildman–Crippen LogP) is 3.89. The molecule has 0 saturated heterocycles. The molecule has 0 atom stereocenters. The van der Waals surface area contributed by atoms with E-state index in [9.17, 15) is 14.4 Å². The van der Waals surface area contributed by atoms with E-state index in [1.54, 1.807) is 18.4 Å². The third-order valence-corrected chi connectivity index (χ3v) is 5.76. The molecule has 0 aliphatic carbocycles. The Bertz CT molecular complexity index is 1340. The highest BCUT2D eigenvalue weighted by molar-refractivity contribution is 5.95. The van der Waals surface area contributed by atoms with Crippen molar-refractivity contribution >= 4 is 11.7 Å². The summed E-state index contributed by atoms with van der Waals surface area (Å²) in [4.78, 5) is 12.8. The van der Waals surface area contributed by atoms with Crippen molar-refractivity contribution in [3.05, 3.63) is 88.5 Å². The van der Waals surface area contributed by atoms with Crippen molar-refractivity contribution in [2.24, 2.45) is 0 Å². The summed E-state index contributed by atoms with van der Waals surface area (Å²) in [7, 11) is 0. The van der Waals surface area contributed by atoms with Crippen molar-refractivity contribution in [1.82, 2.24) is 19.7 Å². The van der Waals surface area contributed by atoms with Gasteiger partial charge in [-0.15, -0.1) is 0 Å². The number of halogens is 1. The maximum Gasteiger partial charge on any atom is 0.253 e. The van der Waals surface area contributed by atoms with E-state index in [2.05, 4.69) is 16.5 Å². The Balaban J connectivity index is 1.38. The van der Waals surface area contributed by atoms with Crippen LogP contribution >= 0.6 is 0 Å². The van der Waals surface area contributed by atoms with E-state index >= 15 is 0 Å². The monoisotopic (exact) mass is 460 g/mol. The number of anilines is 1. The number of nitrogens with zero attached hydrogens (tertiary/aromatic N) is 4. The van der Waals surface area contributed by atoms with Crippen molar-refractivity contribution in [2.45, 2.75) is 33.2 Å². The minimum atomic E-state index is -0.368. The average Bonchev–Trinajstić information content (AvgIpc) is 3.52. The van der Waals surface area contributed by atoms with Crippen LogP contribution in [0.1, 0.15) is 45.2 Å². The lowest BCUT2D eigenvalue weighted by molar-refractivity contribution is 0.0952. The number of carbonyl (C=O) groups excluding carboxylic acids is 1. The molecule has 0 saturated carbocycles. The smallest absolute Gasteiger partial charge is 0.253 e. The van der Waals surface area contributed by atoms with E-state index in [-0.39, 0.29) is 23.1 Å². The van der Waals surface area contributed by atoms with Gasteiger partial charge in [-0.25, -0.2) is 9.07 Å². The van der Waals surface area contributed by atoms with Gasteiger partial charge in [0.1, 0.15) is 29.0 Å². The number of benzene rings is 1. The van der Waals surface area contributed by atoms with Crippen LogP contribution in [0.25, 0.3) is 5.69 Å². The summed E-state index contributed by atoms with van der Waals surface area (Å²) < 4.78 is 22.1. The third-order valence-electron chi connectivity index (χ3n) is 5.76. The van der Waals surface area contributed by atoms with E-state index in [0.717, 1.165) is 17.1 Å². The lowest BCUT2D eigenvalue weighted by Gasteiger charge is -2.08. The molecule has 4 aromatic rings. The number of amides is 1. The minimum Gasteiger partial charge on any atom is -0.467 e. The van der Waals surface area contributed by atoms with Crippen molar-refractivity contribution < 1.29 is 13.6 Å². The molecule has 1 amide bonds. The number of carbonyl (C=O) groups is 1. The van der Waals surface area contributed by atoms with Crippen LogP contribution in [-0.4, -0.2) is 26.8 Å². The zero-order valence-corrected chi connectivity index (χ0v) is 19.0. The molecule has 34 heavy (non-hydrogen) atoms. The molecule has 1 aromatic carbocycles. The highest BCUT2D eigenvalue weighted by Gasteiger charge is 2.18. The molecule has 0 aliphatic heterocycles. The van der Waals surface area contributed by atoms with Gasteiger partial charge in [-0.3, -0.25) is 4.79 Å². The molecular formula is C25H25FN6O2. The zero-order valence-electron chi connectivity index (χ0n) is 19.0. The van der Waals surface area contributed by atoms with Crippen LogP contribution in [0.2, 0.25) is 0 Å². The second-order valence-electron chi connectivity index (χ2n) is 8.02. The second kappa shape index (κ2) is 9.67. The first kappa shape index (κ1) is 22.9. The number of nitriles is 1. The summed E-state index contributed by atoms with van der Waals surface area (Å²) in [5.41, 5.74) is 9.95. The Morgan fingerprint density at radius 1 is 1.26 bits per heavy atom. The molecule has 0 fully saturated rings. The quantitative estimate of drug-likeness (QED) is 0.387. The van der Waals surface area contributed by atoms with E-state index < -0.39 is 0 Å². The zero-order chi connectivity index (χ0) is 24.2. The average molecular weight is 461 g/mol. The van der Waals surface area contributed by atoms with Crippen LogP contribution in [0, 0.1) is 31.0 Å². The second-order valence-corrected chi connectivity index (χ2v) is 8.02. The van der Waals surface area contributed by atoms with Gasteiger partial charge in [0.05, 0.1) is 29.8 Å². The van der Waals surface area contributed by atoms with Crippen molar-refractivity contribution in [1.29, 1.82) is 5.26 Å². The SMILES string of the molecule is Cc1cc(C(=O)NCCCc2nn(-c3ccc(F)cc3)c(N)c2C#N)c(C)n1Cc1ccco1. The number of rotatable bonds is 8. The summed E-state index contributed by atoms with van der Waals surface area (Å²) in [6.07, 6.45) is 2.66. The number of hydrogen-bond acceptors (Lipinski definition) is 5. The Hall–Kier alpha value is -4.32. The molecule has 0 spiro atoms. The number of hydrogen-bond donors (Lipinski definition) is 2. The molecule has 174 valence electrons. The van der Waals surface area contributed by atoms with Gasteiger partial charge in [-0.05, 0) is 69.2 Å². The summed E-state index contributed by atoms with van der Waals surface area (Å²) in [6, 6.07) is 13.4. The van der Waals surface area contributed by atoms with Gasteiger partial charge in [0.15, 0.2) is 0 Å². The number of furan rings is 1. The van der Waals surface area contributed by atoms with Gasteiger partial charge in [0, 0.05) is 17.9 Å². The largest absolute Gasteiger partial charge is 0.467 e. The molecule has 4 rings (SSSR count). The molecule has 3 heterocycles. The normalized spacial score (nSPS) is 10.9. The first-order chi connectivity index (χ1) is 16.4. The Morgan fingerprint density at radius 3 is 2.71 bits per heavy atom. The molecule has 0 aliphatic rings. The molecule has 9 heteroatoms. The van der Waals surface area contributed by atoms with Crippen molar-refractivity contribution in [3.63, 3.8) is 0 Å². The van der Waals surface area contributed by atoms with Crippen molar-refractivity contribution in [2.75, 3.05) is 12.3 Å². The summed E-state index contributed by atoms with van der Waals surface area (Å²) >= 11 is 0. The lowest BCUT2D eigenvalue weighted by Crippen LogP contribution is -2.25. The molecular weight excluding hydrogens is 435 g/mol. The number of nitrogens with two attached hydrogens (primary N) is 1. The van der Waals surface area contributed by atoms with E-state index in [1.165, 1.54) is 16.8 Å². The summed E-state index contributed by atoms with van der Waals surface area (Å²) in [5, 5.41) is 16.9. The van der Waals surface area contributed by atoms with Crippen LogP contribution < -0.4 is 11.1 Å². The van der Waals surface area contributed by atoms with Gasteiger partial charge in [-0.1, -0.05) is 0 Å². The minimum absolute atomic E-state index is 0.157. The first-order valence-corrected chi connectivity index (χ1v) is 10.9. The first-order valence-electron chi connectivity index (χ1n) is 10.9. The van der Waals surface area contributed by atoms with Crippen LogP contribution in [0.3, 0.4) is 0 Å². The topological polar surface area (TPSA) is 115 Å². The number of nitrogen functional groups attached to an aromatic ring is 1. The predicted molar refractivity (Wildman–Crippen MR) is 125 cm³/mol. The highest BCUT2D eigenvalue weighted by Crippen LogP contribution is 2.22. The Labute approximate surface area is 196 Å². The summed E-state index contributed by atoms with van der Waals surface area (Å²) in [5.74, 6) is 0.502. The maximum atomic E-state index is 13.2. The molecule has 0 bridgehead atoms. The standard InChI is InChI=1S/C25H25FN6O2/c1-16-13-21(17(2)31(16)15-20-5-4-12-34-20)25(33)29-11-3-6-23-22(14-27)24(28)32(30-23)19-9-7-18(26)8-10-19/h4-5,7-10,12-13H,3,6,11,15,28H2,1-2H3,(H,29,33). The fourth-order valence-corrected chi connectivity index (χ4v) is 3.94. The number of nitrogens with one attached hydrogen (secondary N) is 1. The van der Waals surface area contributed by atoms with Gasteiger partial charge < -0.3 is 20.0 Å². The van der Waals surface area contributed by atoms with Gasteiger partial charge in [-0.2, -0.15) is 10.4 Å². The van der Waals surface area contributed by atoms with E-state index in [0.29, 0.717) is 42.9 Å². The van der Waals surface area contributed by atoms with Gasteiger partial charge >= 0.3 is 0 Å². The Morgan fingerprint density at radius 2 is 2.03 bits per heavy atom. The maximum absolute atomic E-state index is 13.2. The van der Waals surface area contributed by atoms with Crippen LogP contribution in [-0.2, 0) is 13.0 Å².